The van der Waals surface area contributed by atoms with Crippen LogP contribution in [-0.4, -0.2) is 46.1 Å². The lowest BCUT2D eigenvalue weighted by Gasteiger charge is -2.21. The Bertz CT molecular complexity index is 1000. The summed E-state index contributed by atoms with van der Waals surface area (Å²) in [5, 5.41) is 0.789. The van der Waals surface area contributed by atoms with E-state index in [4.69, 9.17) is 4.74 Å². The van der Waals surface area contributed by atoms with Gasteiger partial charge in [-0.05, 0) is 31.7 Å². The third kappa shape index (κ3) is 3.32. The Morgan fingerprint density at radius 3 is 2.47 bits per heavy atom. The van der Waals surface area contributed by atoms with Gasteiger partial charge >= 0.3 is 5.97 Å². The number of aromatic nitrogens is 1. The summed E-state index contributed by atoms with van der Waals surface area (Å²) in [6.07, 6.45) is 5.68. The van der Waals surface area contributed by atoms with Crippen LogP contribution in [0.4, 0.5) is 0 Å². The second kappa shape index (κ2) is 8.05. The maximum Gasteiger partial charge on any atom is 0.329 e. The van der Waals surface area contributed by atoms with E-state index < -0.39 is 18.6 Å². The van der Waals surface area contributed by atoms with Crippen LogP contribution < -0.4 is 0 Å². The van der Waals surface area contributed by atoms with Gasteiger partial charge in [0.25, 0.3) is 0 Å². The quantitative estimate of drug-likeness (QED) is 0.449. The SMILES string of the molecule is CCc1cccc2c(C(=O)COC(=O)[C@H](C)N3C(=O)[C@@H]4CCCC[C@H]4C3=O)c[nH]c12. The number of para-hydroxylation sites is 1. The molecule has 0 unspecified atom stereocenters. The third-order valence-corrected chi connectivity index (χ3v) is 6.43. The molecule has 3 atom stereocenters. The first-order chi connectivity index (χ1) is 14.4. The number of H-pyrrole nitrogens is 1. The van der Waals surface area contributed by atoms with Crippen LogP contribution in [0.2, 0.25) is 0 Å². The molecule has 2 aliphatic rings. The molecular weight excluding hydrogens is 384 g/mol. The van der Waals surface area contributed by atoms with Gasteiger partial charge in [0.1, 0.15) is 6.04 Å². The van der Waals surface area contributed by atoms with E-state index in [1.165, 1.54) is 6.92 Å². The first-order valence-corrected chi connectivity index (χ1v) is 10.6. The van der Waals surface area contributed by atoms with Crippen molar-refractivity contribution in [2.75, 3.05) is 6.61 Å². The van der Waals surface area contributed by atoms with Crippen molar-refractivity contribution >= 4 is 34.5 Å². The van der Waals surface area contributed by atoms with Crippen LogP contribution in [0.15, 0.2) is 24.4 Å². The predicted octanol–water partition coefficient (Wildman–Crippen LogP) is 3.02. The van der Waals surface area contributed by atoms with Gasteiger partial charge in [0, 0.05) is 22.7 Å². The van der Waals surface area contributed by atoms with Crippen molar-refractivity contribution in [1.82, 2.24) is 9.88 Å². The zero-order valence-electron chi connectivity index (χ0n) is 17.3. The normalized spacial score (nSPS) is 22.3. The lowest BCUT2D eigenvalue weighted by Crippen LogP contribution is -2.44. The number of nitrogens with one attached hydrogen (secondary N) is 1. The molecule has 2 amide bonds. The summed E-state index contributed by atoms with van der Waals surface area (Å²) < 4.78 is 5.21. The number of fused-ring (bicyclic) bond motifs is 2. The van der Waals surface area contributed by atoms with Crippen LogP contribution >= 0.6 is 0 Å². The molecule has 1 saturated carbocycles. The number of hydrogen-bond acceptors (Lipinski definition) is 5. The van der Waals surface area contributed by atoms with Gasteiger partial charge < -0.3 is 9.72 Å². The molecule has 158 valence electrons. The highest BCUT2D eigenvalue weighted by atomic mass is 16.5. The van der Waals surface area contributed by atoms with Crippen LogP contribution in [0.3, 0.4) is 0 Å². The van der Waals surface area contributed by atoms with E-state index in [1.807, 2.05) is 25.1 Å². The van der Waals surface area contributed by atoms with E-state index in [9.17, 15) is 19.2 Å². The number of amides is 2. The zero-order valence-corrected chi connectivity index (χ0v) is 17.3. The lowest BCUT2D eigenvalue weighted by molar-refractivity contribution is -0.157. The van der Waals surface area contributed by atoms with Crippen molar-refractivity contribution in [3.05, 3.63) is 35.5 Å². The minimum atomic E-state index is -1.03. The molecule has 1 aliphatic heterocycles. The minimum Gasteiger partial charge on any atom is -0.456 e. The number of ketones is 1. The molecular formula is C23H26N2O5. The zero-order chi connectivity index (χ0) is 21.4. The van der Waals surface area contributed by atoms with Gasteiger partial charge in [-0.25, -0.2) is 4.79 Å². The second-order valence-corrected chi connectivity index (χ2v) is 8.15. The Labute approximate surface area is 174 Å². The summed E-state index contributed by atoms with van der Waals surface area (Å²) >= 11 is 0. The number of rotatable bonds is 6. The molecule has 7 heteroatoms. The standard InChI is InChI=1S/C23H26N2O5/c1-3-14-7-6-10-15-18(11-24-20(14)15)19(26)12-30-23(29)13(2)25-21(27)16-8-4-5-9-17(16)22(25)28/h6-7,10-11,13,16-17,24H,3-5,8-9,12H2,1-2H3/t13-,16+,17+/m0/s1. The number of esters is 1. The number of aryl methyl sites for hydroxylation is 1. The van der Waals surface area contributed by atoms with Crippen molar-refractivity contribution in [1.29, 1.82) is 0 Å². The molecule has 0 radical (unpaired) electrons. The van der Waals surface area contributed by atoms with Crippen LogP contribution in [0.5, 0.6) is 0 Å². The molecule has 1 aromatic carbocycles. The number of likely N-dealkylation sites (tertiary alicyclic amines) is 1. The monoisotopic (exact) mass is 410 g/mol. The molecule has 1 saturated heterocycles. The summed E-state index contributed by atoms with van der Waals surface area (Å²) in [6, 6.07) is 4.71. The van der Waals surface area contributed by atoms with Gasteiger partial charge in [-0.3, -0.25) is 19.3 Å². The third-order valence-electron chi connectivity index (χ3n) is 6.43. The highest BCUT2D eigenvalue weighted by molar-refractivity contribution is 6.10. The number of ether oxygens (including phenoxy) is 1. The number of Topliss-reactive ketones (excluding diaryl/α,β-unsaturated/α-hetero) is 1. The number of imide groups is 1. The first kappa shape index (κ1) is 20.3. The van der Waals surface area contributed by atoms with Gasteiger partial charge in [0.15, 0.2) is 6.61 Å². The molecule has 0 bridgehead atoms. The number of carbonyl (C=O) groups excluding carboxylic acids is 4. The number of nitrogens with zero attached hydrogens (tertiary/aromatic N) is 1. The Balaban J connectivity index is 1.43. The first-order valence-electron chi connectivity index (χ1n) is 10.6. The largest absolute Gasteiger partial charge is 0.456 e. The molecule has 2 fully saturated rings. The lowest BCUT2D eigenvalue weighted by atomic mass is 9.81. The Kier molecular flexibility index (Phi) is 5.45. The Morgan fingerprint density at radius 1 is 1.17 bits per heavy atom. The fraction of sp³-hybridized carbons (Fsp3) is 0.478. The number of hydrogen-bond donors (Lipinski definition) is 1. The van der Waals surface area contributed by atoms with E-state index >= 15 is 0 Å². The molecule has 30 heavy (non-hydrogen) atoms. The molecule has 1 aliphatic carbocycles. The van der Waals surface area contributed by atoms with Crippen molar-refractivity contribution in [3.8, 4) is 0 Å². The van der Waals surface area contributed by atoms with E-state index in [-0.39, 0.29) is 29.4 Å². The maximum atomic E-state index is 12.7. The van der Waals surface area contributed by atoms with Gasteiger partial charge in [0.05, 0.1) is 11.8 Å². The molecule has 0 spiro atoms. The summed E-state index contributed by atoms with van der Waals surface area (Å²) in [6.45, 7) is 3.09. The molecule has 1 N–H and O–H groups in total. The van der Waals surface area contributed by atoms with Crippen molar-refractivity contribution in [2.24, 2.45) is 11.8 Å². The van der Waals surface area contributed by atoms with Gasteiger partial charge in [-0.1, -0.05) is 38.0 Å². The molecule has 2 heterocycles. The van der Waals surface area contributed by atoms with E-state index in [1.54, 1.807) is 6.20 Å². The number of carbonyl (C=O) groups is 4. The van der Waals surface area contributed by atoms with Crippen molar-refractivity contribution in [2.45, 2.75) is 52.0 Å². The fourth-order valence-electron chi connectivity index (χ4n) is 4.75. The van der Waals surface area contributed by atoms with Gasteiger partial charge in [0.2, 0.25) is 17.6 Å². The fourth-order valence-corrected chi connectivity index (χ4v) is 4.75. The Hall–Kier alpha value is -2.96. The highest BCUT2D eigenvalue weighted by Gasteiger charge is 2.51. The van der Waals surface area contributed by atoms with Crippen LogP contribution in [-0.2, 0) is 25.5 Å². The van der Waals surface area contributed by atoms with E-state index in [2.05, 4.69) is 4.98 Å². The number of aromatic amines is 1. The molecule has 1 aromatic heterocycles. The molecule has 4 rings (SSSR count). The van der Waals surface area contributed by atoms with E-state index in [0.29, 0.717) is 18.4 Å². The summed E-state index contributed by atoms with van der Waals surface area (Å²) in [4.78, 5) is 54.7. The van der Waals surface area contributed by atoms with Gasteiger partial charge in [-0.15, -0.1) is 0 Å². The predicted molar refractivity (Wildman–Crippen MR) is 110 cm³/mol. The highest BCUT2D eigenvalue weighted by Crippen LogP contribution is 2.39. The average molecular weight is 410 g/mol. The summed E-state index contributed by atoms with van der Waals surface area (Å²) in [7, 11) is 0. The van der Waals surface area contributed by atoms with Crippen molar-refractivity contribution in [3.63, 3.8) is 0 Å². The van der Waals surface area contributed by atoms with Gasteiger partial charge in [-0.2, -0.15) is 0 Å². The van der Waals surface area contributed by atoms with Crippen LogP contribution in [0, 0.1) is 11.8 Å². The topological polar surface area (TPSA) is 96.5 Å². The summed E-state index contributed by atoms with van der Waals surface area (Å²) in [5.74, 6) is -2.28. The average Bonchev–Trinajstić information content (AvgIpc) is 3.31. The second-order valence-electron chi connectivity index (χ2n) is 8.15. The minimum absolute atomic E-state index is 0.288. The van der Waals surface area contributed by atoms with E-state index in [0.717, 1.165) is 40.6 Å². The smallest absolute Gasteiger partial charge is 0.329 e. The summed E-state index contributed by atoms with van der Waals surface area (Å²) in [5.41, 5.74) is 2.46. The molecule has 2 aromatic rings. The van der Waals surface area contributed by atoms with Crippen LogP contribution in [0.25, 0.3) is 10.9 Å². The van der Waals surface area contributed by atoms with Crippen LogP contribution in [0.1, 0.15) is 55.5 Å². The Morgan fingerprint density at radius 2 is 1.83 bits per heavy atom. The molecule has 7 nitrogen and oxygen atoms in total. The van der Waals surface area contributed by atoms with Crippen molar-refractivity contribution < 1.29 is 23.9 Å². The number of benzene rings is 1. The maximum absolute atomic E-state index is 12.7.